The zero-order chi connectivity index (χ0) is 22.8. The molecule has 0 aliphatic carbocycles. The fraction of sp³-hybridized carbons (Fsp3) is 0.455. The number of nitrogens with zero attached hydrogens (tertiary/aromatic N) is 3. The number of likely N-dealkylation sites (tertiary alicyclic amines) is 2. The van der Waals surface area contributed by atoms with Gasteiger partial charge in [-0.2, -0.15) is 0 Å². The molecule has 1 atom stereocenters. The van der Waals surface area contributed by atoms with E-state index in [1.54, 1.807) is 41.0 Å². The number of carbonyl (C=O) groups excluding carboxylic acids is 3. The van der Waals surface area contributed by atoms with Crippen LogP contribution in [0.2, 0.25) is 10.0 Å². The van der Waals surface area contributed by atoms with Gasteiger partial charge < -0.3 is 19.6 Å². The first-order chi connectivity index (χ1) is 15.3. The molecule has 2 aliphatic heterocycles. The molecule has 0 saturated carbocycles. The molecule has 2 saturated heterocycles. The Labute approximate surface area is 195 Å². The van der Waals surface area contributed by atoms with Gasteiger partial charge in [-0.1, -0.05) is 28.4 Å². The van der Waals surface area contributed by atoms with Crippen LogP contribution in [0.15, 0.2) is 28.8 Å². The summed E-state index contributed by atoms with van der Waals surface area (Å²) in [5.41, 5.74) is 0.376. The van der Waals surface area contributed by atoms with Crippen LogP contribution in [0.3, 0.4) is 0 Å². The van der Waals surface area contributed by atoms with Gasteiger partial charge in [0, 0.05) is 47.2 Å². The number of piperidine rings is 1. The van der Waals surface area contributed by atoms with Crippen molar-refractivity contribution in [3.63, 3.8) is 0 Å². The van der Waals surface area contributed by atoms with Crippen LogP contribution in [0.4, 0.5) is 5.82 Å². The molecule has 4 rings (SSSR count). The Morgan fingerprint density at radius 3 is 2.34 bits per heavy atom. The number of carbonyl (C=O) groups is 3. The van der Waals surface area contributed by atoms with Crippen molar-refractivity contribution in [2.45, 2.75) is 38.6 Å². The molecule has 0 spiro atoms. The third-order valence-corrected chi connectivity index (χ3v) is 6.40. The molecule has 8 nitrogen and oxygen atoms in total. The second-order valence-electron chi connectivity index (χ2n) is 8.23. The third kappa shape index (κ3) is 4.91. The van der Waals surface area contributed by atoms with Crippen LogP contribution < -0.4 is 5.32 Å². The Morgan fingerprint density at radius 1 is 1.03 bits per heavy atom. The quantitative estimate of drug-likeness (QED) is 0.721. The van der Waals surface area contributed by atoms with Crippen molar-refractivity contribution in [1.29, 1.82) is 0 Å². The highest BCUT2D eigenvalue weighted by molar-refractivity contribution is 6.35. The standard InChI is InChI=1S/C22H24Cl2N4O4/c1-13-9-19(26-32-13)25-20(29)14-4-7-27(8-5-14)22(31)18-3-2-6-28(18)21(30)15-10-16(23)12-17(24)11-15/h9-12,14,18H,2-8H2,1H3,(H,25,26,29). The minimum Gasteiger partial charge on any atom is -0.360 e. The van der Waals surface area contributed by atoms with Crippen molar-refractivity contribution in [3.05, 3.63) is 45.6 Å². The number of hydrogen-bond acceptors (Lipinski definition) is 5. The Balaban J connectivity index is 1.36. The molecular weight excluding hydrogens is 455 g/mol. The summed E-state index contributed by atoms with van der Waals surface area (Å²) in [5, 5.41) is 7.30. The number of aryl methyl sites for hydroxylation is 1. The van der Waals surface area contributed by atoms with Gasteiger partial charge in [0.15, 0.2) is 5.82 Å². The van der Waals surface area contributed by atoms with E-state index in [2.05, 4.69) is 10.5 Å². The van der Waals surface area contributed by atoms with Crippen LogP contribution in [0, 0.1) is 12.8 Å². The summed E-state index contributed by atoms with van der Waals surface area (Å²) in [4.78, 5) is 42.1. The Bertz CT molecular complexity index is 1010. The topological polar surface area (TPSA) is 95.8 Å². The number of benzene rings is 1. The maximum atomic E-state index is 13.2. The Morgan fingerprint density at radius 2 is 1.72 bits per heavy atom. The van der Waals surface area contributed by atoms with Gasteiger partial charge >= 0.3 is 0 Å². The van der Waals surface area contributed by atoms with Crippen molar-refractivity contribution < 1.29 is 18.9 Å². The van der Waals surface area contributed by atoms with Gasteiger partial charge in [-0.25, -0.2) is 0 Å². The van der Waals surface area contributed by atoms with Crippen molar-refractivity contribution >= 4 is 46.7 Å². The lowest BCUT2D eigenvalue weighted by atomic mass is 9.95. The summed E-state index contributed by atoms with van der Waals surface area (Å²) in [5.74, 6) is 0.368. The average Bonchev–Trinajstić information content (AvgIpc) is 3.41. The first-order valence-corrected chi connectivity index (χ1v) is 11.4. The van der Waals surface area contributed by atoms with Gasteiger partial charge in [-0.15, -0.1) is 0 Å². The fourth-order valence-corrected chi connectivity index (χ4v) is 4.86. The van der Waals surface area contributed by atoms with Crippen LogP contribution in [-0.4, -0.2) is 58.4 Å². The predicted molar refractivity (Wildman–Crippen MR) is 120 cm³/mol. The van der Waals surface area contributed by atoms with Gasteiger partial charge in [-0.05, 0) is 50.8 Å². The van der Waals surface area contributed by atoms with E-state index in [1.165, 1.54) is 0 Å². The van der Waals surface area contributed by atoms with Gasteiger partial charge in [0.2, 0.25) is 11.8 Å². The molecule has 2 fully saturated rings. The van der Waals surface area contributed by atoms with Crippen molar-refractivity contribution in [2.24, 2.45) is 5.92 Å². The van der Waals surface area contributed by atoms with E-state index in [9.17, 15) is 14.4 Å². The second-order valence-corrected chi connectivity index (χ2v) is 9.10. The molecule has 1 aromatic heterocycles. The normalized spacial score (nSPS) is 19.3. The molecule has 0 bridgehead atoms. The van der Waals surface area contributed by atoms with Crippen LogP contribution in [0.25, 0.3) is 0 Å². The fourth-order valence-electron chi connectivity index (χ4n) is 4.34. The van der Waals surface area contributed by atoms with Gasteiger partial charge in [-0.3, -0.25) is 14.4 Å². The van der Waals surface area contributed by atoms with E-state index in [1.807, 2.05) is 0 Å². The molecule has 1 aromatic carbocycles. The summed E-state index contributed by atoms with van der Waals surface area (Å²) in [7, 11) is 0. The summed E-state index contributed by atoms with van der Waals surface area (Å²) in [6.45, 7) is 3.20. The third-order valence-electron chi connectivity index (χ3n) is 5.96. The highest BCUT2D eigenvalue weighted by Crippen LogP contribution is 2.27. The molecule has 1 unspecified atom stereocenters. The van der Waals surface area contributed by atoms with Crippen LogP contribution in [-0.2, 0) is 9.59 Å². The number of nitrogens with one attached hydrogen (secondary N) is 1. The molecule has 0 radical (unpaired) electrons. The molecule has 2 aromatic rings. The van der Waals surface area contributed by atoms with E-state index in [0.29, 0.717) is 66.1 Å². The minimum absolute atomic E-state index is 0.0741. The smallest absolute Gasteiger partial charge is 0.254 e. The maximum absolute atomic E-state index is 13.2. The van der Waals surface area contributed by atoms with Crippen LogP contribution in [0.1, 0.15) is 41.8 Å². The van der Waals surface area contributed by atoms with Crippen molar-refractivity contribution in [1.82, 2.24) is 15.0 Å². The molecule has 10 heteroatoms. The van der Waals surface area contributed by atoms with Gasteiger partial charge in [0.05, 0.1) is 0 Å². The number of rotatable bonds is 4. The number of hydrogen-bond donors (Lipinski definition) is 1. The first kappa shape index (κ1) is 22.6. The molecule has 170 valence electrons. The lowest BCUT2D eigenvalue weighted by Crippen LogP contribution is -2.50. The maximum Gasteiger partial charge on any atom is 0.254 e. The largest absolute Gasteiger partial charge is 0.360 e. The first-order valence-electron chi connectivity index (χ1n) is 10.6. The summed E-state index contributed by atoms with van der Waals surface area (Å²) < 4.78 is 4.97. The zero-order valence-corrected chi connectivity index (χ0v) is 19.2. The average molecular weight is 479 g/mol. The van der Waals surface area contributed by atoms with E-state index >= 15 is 0 Å². The van der Waals surface area contributed by atoms with Gasteiger partial charge in [0.1, 0.15) is 11.8 Å². The number of halogens is 2. The molecule has 3 amide bonds. The summed E-state index contributed by atoms with van der Waals surface area (Å²) in [6, 6.07) is 5.85. The number of anilines is 1. The van der Waals surface area contributed by atoms with Gasteiger partial charge in [0.25, 0.3) is 5.91 Å². The van der Waals surface area contributed by atoms with E-state index < -0.39 is 6.04 Å². The second kappa shape index (κ2) is 9.50. The monoisotopic (exact) mass is 478 g/mol. The molecule has 32 heavy (non-hydrogen) atoms. The van der Waals surface area contributed by atoms with Crippen molar-refractivity contribution in [2.75, 3.05) is 25.0 Å². The molecule has 2 aliphatic rings. The highest BCUT2D eigenvalue weighted by atomic mass is 35.5. The number of aromatic nitrogens is 1. The van der Waals surface area contributed by atoms with E-state index in [-0.39, 0.29) is 23.6 Å². The van der Waals surface area contributed by atoms with Crippen molar-refractivity contribution in [3.8, 4) is 0 Å². The minimum atomic E-state index is -0.510. The molecular formula is C22H24Cl2N4O4. The zero-order valence-electron chi connectivity index (χ0n) is 17.6. The lowest BCUT2D eigenvalue weighted by Gasteiger charge is -2.35. The number of amides is 3. The van der Waals surface area contributed by atoms with E-state index in [4.69, 9.17) is 27.7 Å². The molecule has 1 N–H and O–H groups in total. The summed E-state index contributed by atoms with van der Waals surface area (Å²) >= 11 is 12.1. The summed E-state index contributed by atoms with van der Waals surface area (Å²) in [6.07, 6.45) is 2.48. The Kier molecular flexibility index (Phi) is 6.71. The molecule has 3 heterocycles. The predicted octanol–water partition coefficient (Wildman–Crippen LogP) is 3.77. The van der Waals surface area contributed by atoms with E-state index in [0.717, 1.165) is 6.42 Å². The lowest BCUT2D eigenvalue weighted by molar-refractivity contribution is -0.138. The Hall–Kier alpha value is -2.58. The van der Waals surface area contributed by atoms with Crippen LogP contribution in [0.5, 0.6) is 0 Å². The SMILES string of the molecule is Cc1cc(NC(=O)C2CCN(C(=O)C3CCCN3C(=O)c3cc(Cl)cc(Cl)c3)CC2)no1. The highest BCUT2D eigenvalue weighted by Gasteiger charge is 2.38. The van der Waals surface area contributed by atoms with Crippen LogP contribution >= 0.6 is 23.2 Å².